The molecule has 17 heavy (non-hydrogen) atoms. The van der Waals surface area contributed by atoms with Crippen LogP contribution in [-0.2, 0) is 6.54 Å². The largest absolute Gasteiger partial charge is 0.316 e. The van der Waals surface area contributed by atoms with Gasteiger partial charge in [0, 0.05) is 18.7 Å². The first-order valence-electron chi connectivity index (χ1n) is 6.41. The predicted octanol–water partition coefficient (Wildman–Crippen LogP) is 2.63. The zero-order valence-corrected chi connectivity index (χ0v) is 10.5. The highest BCUT2D eigenvalue weighted by Gasteiger charge is 2.24. The van der Waals surface area contributed by atoms with E-state index in [9.17, 15) is 0 Å². The third kappa shape index (κ3) is 1.75. The summed E-state index contributed by atoms with van der Waals surface area (Å²) in [7, 11) is 1.98. The molecule has 0 radical (unpaired) electrons. The van der Waals surface area contributed by atoms with E-state index >= 15 is 0 Å². The van der Waals surface area contributed by atoms with E-state index in [-0.39, 0.29) is 0 Å². The number of hydrogen-bond donors (Lipinski definition) is 1. The summed E-state index contributed by atoms with van der Waals surface area (Å²) < 4.78 is 2.30. The van der Waals surface area contributed by atoms with Crippen molar-refractivity contribution in [2.75, 3.05) is 7.05 Å². The maximum atomic E-state index is 4.76. The van der Waals surface area contributed by atoms with Crippen molar-refractivity contribution in [3.63, 3.8) is 0 Å². The molecule has 3 heteroatoms. The highest BCUT2D eigenvalue weighted by molar-refractivity contribution is 5.54. The van der Waals surface area contributed by atoms with Crippen LogP contribution in [0, 0.1) is 6.92 Å². The van der Waals surface area contributed by atoms with Gasteiger partial charge in [0.1, 0.15) is 5.82 Å². The average Bonchev–Trinajstić information content (AvgIpc) is 2.55. The summed E-state index contributed by atoms with van der Waals surface area (Å²) in [6.45, 7) is 3.02. The minimum Gasteiger partial charge on any atom is -0.316 e. The second kappa shape index (κ2) is 4.15. The lowest BCUT2D eigenvalue weighted by Gasteiger charge is -2.24. The lowest BCUT2D eigenvalue weighted by molar-refractivity contribution is 0.400. The molecule has 1 saturated carbocycles. The van der Waals surface area contributed by atoms with Crippen LogP contribution in [0.25, 0.3) is 5.52 Å². The van der Waals surface area contributed by atoms with Gasteiger partial charge in [0.05, 0.1) is 11.2 Å². The van der Waals surface area contributed by atoms with E-state index < -0.39 is 0 Å². The van der Waals surface area contributed by atoms with Crippen molar-refractivity contribution in [2.45, 2.75) is 38.6 Å². The number of hydrogen-bond acceptors (Lipinski definition) is 2. The van der Waals surface area contributed by atoms with Gasteiger partial charge in [0.15, 0.2) is 0 Å². The predicted molar refractivity (Wildman–Crippen MR) is 69.3 cm³/mol. The maximum absolute atomic E-state index is 4.76. The summed E-state index contributed by atoms with van der Waals surface area (Å²) in [5, 5.41) is 3.20. The van der Waals surface area contributed by atoms with E-state index in [1.54, 1.807) is 0 Å². The number of nitrogens with zero attached hydrogens (tertiary/aromatic N) is 2. The lowest BCUT2D eigenvalue weighted by atomic mass is 9.85. The van der Waals surface area contributed by atoms with Gasteiger partial charge in [-0.3, -0.25) is 0 Å². The van der Waals surface area contributed by atoms with E-state index in [1.165, 1.54) is 36.2 Å². The van der Waals surface area contributed by atoms with Crippen molar-refractivity contribution in [3.05, 3.63) is 35.4 Å². The van der Waals surface area contributed by atoms with Gasteiger partial charge in [-0.2, -0.15) is 0 Å². The Morgan fingerprint density at radius 1 is 1.41 bits per heavy atom. The van der Waals surface area contributed by atoms with E-state index in [0.717, 1.165) is 12.2 Å². The Hall–Kier alpha value is -1.35. The summed E-state index contributed by atoms with van der Waals surface area (Å²) in [5.41, 5.74) is 3.73. The molecule has 3 nitrogen and oxygen atoms in total. The fourth-order valence-electron chi connectivity index (χ4n) is 2.58. The van der Waals surface area contributed by atoms with Crippen molar-refractivity contribution in [1.29, 1.82) is 0 Å². The summed E-state index contributed by atoms with van der Waals surface area (Å²) in [5.74, 6) is 1.95. The monoisotopic (exact) mass is 229 g/mol. The molecule has 1 aliphatic rings. The van der Waals surface area contributed by atoms with Crippen LogP contribution in [0.4, 0.5) is 0 Å². The molecule has 0 amide bonds. The third-order valence-electron chi connectivity index (χ3n) is 3.76. The minimum atomic E-state index is 0.682. The third-order valence-corrected chi connectivity index (χ3v) is 3.76. The second-order valence-corrected chi connectivity index (χ2v) is 5.01. The highest BCUT2D eigenvalue weighted by atomic mass is 15.0. The molecule has 0 saturated heterocycles. The van der Waals surface area contributed by atoms with Crippen LogP contribution in [-0.4, -0.2) is 16.4 Å². The molecule has 90 valence electrons. The normalized spacial score (nSPS) is 16.4. The molecule has 0 unspecified atom stereocenters. The molecular formula is C14H19N3. The zero-order chi connectivity index (χ0) is 11.8. The van der Waals surface area contributed by atoms with Crippen molar-refractivity contribution >= 4 is 5.52 Å². The van der Waals surface area contributed by atoms with Gasteiger partial charge >= 0.3 is 0 Å². The van der Waals surface area contributed by atoms with Gasteiger partial charge < -0.3 is 9.72 Å². The summed E-state index contributed by atoms with van der Waals surface area (Å²) >= 11 is 0. The first-order valence-corrected chi connectivity index (χ1v) is 6.41. The van der Waals surface area contributed by atoms with E-state index in [0.29, 0.717) is 5.92 Å². The topological polar surface area (TPSA) is 29.3 Å². The van der Waals surface area contributed by atoms with E-state index in [4.69, 9.17) is 4.98 Å². The Morgan fingerprint density at radius 2 is 2.24 bits per heavy atom. The SMILES string of the molecule is CNCc1ccc2c(C)nc(C3CCC3)n2c1. The Labute approximate surface area is 102 Å². The van der Waals surface area contributed by atoms with Crippen molar-refractivity contribution in [3.8, 4) is 0 Å². The summed E-state index contributed by atoms with van der Waals surface area (Å²) in [4.78, 5) is 4.76. The molecule has 1 fully saturated rings. The number of imidazole rings is 1. The summed E-state index contributed by atoms with van der Waals surface area (Å²) in [6.07, 6.45) is 6.19. The quantitative estimate of drug-likeness (QED) is 0.876. The van der Waals surface area contributed by atoms with Gasteiger partial charge in [0.2, 0.25) is 0 Å². The number of aromatic nitrogens is 2. The molecule has 2 aromatic rings. The Balaban J connectivity index is 2.10. The molecule has 2 aromatic heterocycles. The van der Waals surface area contributed by atoms with E-state index in [2.05, 4.69) is 35.0 Å². The van der Waals surface area contributed by atoms with Crippen LogP contribution in [0.1, 0.15) is 42.3 Å². The molecule has 0 aromatic carbocycles. The van der Waals surface area contributed by atoms with Crippen LogP contribution in [0.2, 0.25) is 0 Å². The minimum absolute atomic E-state index is 0.682. The smallest absolute Gasteiger partial charge is 0.116 e. The molecule has 0 spiro atoms. The molecule has 2 heterocycles. The van der Waals surface area contributed by atoms with E-state index in [1.807, 2.05) is 7.05 Å². The first-order chi connectivity index (χ1) is 8.29. The fourth-order valence-corrected chi connectivity index (χ4v) is 2.58. The average molecular weight is 229 g/mol. The first kappa shape index (κ1) is 10.8. The number of nitrogens with one attached hydrogen (secondary N) is 1. The molecular weight excluding hydrogens is 210 g/mol. The standard InChI is InChI=1S/C14H19N3/c1-10-13-7-6-11(8-15-2)9-17(13)14(16-10)12-4-3-5-12/h6-7,9,12,15H,3-5,8H2,1-2H3. The van der Waals surface area contributed by atoms with Crippen LogP contribution < -0.4 is 5.32 Å². The van der Waals surface area contributed by atoms with Crippen molar-refractivity contribution in [2.24, 2.45) is 0 Å². The number of pyridine rings is 1. The number of aryl methyl sites for hydroxylation is 1. The van der Waals surface area contributed by atoms with Crippen LogP contribution >= 0.6 is 0 Å². The van der Waals surface area contributed by atoms with Crippen LogP contribution in [0.5, 0.6) is 0 Å². The summed E-state index contributed by atoms with van der Waals surface area (Å²) in [6, 6.07) is 4.38. The molecule has 0 aliphatic heterocycles. The van der Waals surface area contributed by atoms with Gasteiger partial charge in [-0.25, -0.2) is 4.98 Å². The van der Waals surface area contributed by atoms with Gasteiger partial charge in [-0.05, 0) is 38.4 Å². The van der Waals surface area contributed by atoms with Gasteiger partial charge in [-0.15, -0.1) is 0 Å². The van der Waals surface area contributed by atoms with Gasteiger partial charge in [0.25, 0.3) is 0 Å². The molecule has 0 bridgehead atoms. The Kier molecular flexibility index (Phi) is 2.63. The molecule has 3 rings (SSSR count). The molecule has 1 aliphatic carbocycles. The van der Waals surface area contributed by atoms with Crippen molar-refractivity contribution in [1.82, 2.24) is 14.7 Å². The highest BCUT2D eigenvalue weighted by Crippen LogP contribution is 2.36. The molecule has 1 N–H and O–H groups in total. The van der Waals surface area contributed by atoms with Gasteiger partial charge in [-0.1, -0.05) is 12.5 Å². The number of fused-ring (bicyclic) bond motifs is 1. The maximum Gasteiger partial charge on any atom is 0.116 e. The Morgan fingerprint density at radius 3 is 2.88 bits per heavy atom. The molecule has 0 atom stereocenters. The van der Waals surface area contributed by atoms with Crippen molar-refractivity contribution < 1.29 is 0 Å². The zero-order valence-electron chi connectivity index (χ0n) is 10.5. The van der Waals surface area contributed by atoms with Crippen LogP contribution in [0.15, 0.2) is 18.3 Å². The van der Waals surface area contributed by atoms with Crippen LogP contribution in [0.3, 0.4) is 0 Å². The lowest BCUT2D eigenvalue weighted by Crippen LogP contribution is -2.13. The number of rotatable bonds is 3. The fraction of sp³-hybridized carbons (Fsp3) is 0.500. The second-order valence-electron chi connectivity index (χ2n) is 5.01. The Bertz CT molecular complexity index is 538.